The zero-order valence-corrected chi connectivity index (χ0v) is 13.7. The summed E-state index contributed by atoms with van der Waals surface area (Å²) in [5, 5.41) is 0. The molecule has 3 nitrogen and oxygen atoms in total. The number of amides is 1. The van der Waals surface area contributed by atoms with E-state index >= 15 is 0 Å². The summed E-state index contributed by atoms with van der Waals surface area (Å²) in [7, 11) is 4.83. The molecule has 0 saturated carbocycles. The maximum atomic E-state index is 13.3. The Balaban J connectivity index is 2.73. The Kier molecular flexibility index (Phi) is 7.29. The van der Waals surface area contributed by atoms with Gasteiger partial charge in [0.2, 0.25) is 5.91 Å². The largest absolute Gasteiger partial charge is 0.408 e. The number of rotatable bonds is 7. The monoisotopic (exact) mass is 328 g/mol. The van der Waals surface area contributed by atoms with Crippen molar-refractivity contribution in [2.24, 2.45) is 0 Å². The topological polar surface area (TPSA) is 23.6 Å². The minimum Gasteiger partial charge on any atom is -0.330 e. The Hall–Kier alpha value is -1.82. The molecule has 0 aliphatic heterocycles. The van der Waals surface area contributed by atoms with Gasteiger partial charge in [0.25, 0.3) is 0 Å². The van der Waals surface area contributed by atoms with Gasteiger partial charge in [0.15, 0.2) is 0 Å². The van der Waals surface area contributed by atoms with Crippen LogP contribution < -0.4 is 0 Å². The summed E-state index contributed by atoms with van der Waals surface area (Å²) in [4.78, 5) is 14.5. The molecule has 0 aromatic heterocycles. The van der Waals surface area contributed by atoms with Crippen molar-refractivity contribution in [2.45, 2.75) is 25.1 Å². The van der Waals surface area contributed by atoms with Crippen LogP contribution in [0.15, 0.2) is 42.5 Å². The molecule has 1 aromatic rings. The van der Waals surface area contributed by atoms with Crippen LogP contribution in [0.1, 0.15) is 12.0 Å². The number of halogens is 3. The lowest BCUT2D eigenvalue weighted by atomic mass is 10.0. The molecular weight excluding hydrogens is 305 g/mol. The number of hydrogen-bond donors (Lipinski definition) is 0. The zero-order valence-electron chi connectivity index (χ0n) is 13.7. The first-order valence-corrected chi connectivity index (χ1v) is 7.40. The first kappa shape index (κ1) is 19.2. The Labute approximate surface area is 135 Å². The van der Waals surface area contributed by atoms with E-state index in [1.165, 1.54) is 13.1 Å². The number of alkyl halides is 3. The van der Waals surface area contributed by atoms with Crippen molar-refractivity contribution >= 4 is 5.91 Å². The number of carbonyl (C=O) groups is 1. The predicted octanol–water partition coefficient (Wildman–Crippen LogP) is 3.13. The highest BCUT2D eigenvalue weighted by Gasteiger charge is 2.43. The minimum atomic E-state index is -4.45. The van der Waals surface area contributed by atoms with Gasteiger partial charge >= 0.3 is 6.18 Å². The number of nitrogens with zero attached hydrogens (tertiary/aromatic N) is 2. The average Bonchev–Trinajstić information content (AvgIpc) is 2.46. The number of aryl methyl sites for hydroxylation is 1. The molecule has 1 rings (SSSR count). The van der Waals surface area contributed by atoms with Crippen LogP contribution >= 0.6 is 0 Å². The van der Waals surface area contributed by atoms with Gasteiger partial charge in [-0.15, -0.1) is 0 Å². The Morgan fingerprint density at radius 1 is 1.17 bits per heavy atom. The highest BCUT2D eigenvalue weighted by molar-refractivity contribution is 5.87. The lowest BCUT2D eigenvalue weighted by Crippen LogP contribution is -2.46. The molecule has 0 aliphatic rings. The van der Waals surface area contributed by atoms with Gasteiger partial charge < -0.3 is 9.80 Å². The summed E-state index contributed by atoms with van der Waals surface area (Å²) in [6, 6.07) is 7.17. The number of likely N-dealkylation sites (N-methyl/N-ethyl adjacent to an activating group) is 2. The van der Waals surface area contributed by atoms with E-state index in [2.05, 4.69) is 0 Å². The second kappa shape index (κ2) is 8.72. The summed E-state index contributed by atoms with van der Waals surface area (Å²) in [6.45, 7) is 0.500. The van der Waals surface area contributed by atoms with E-state index in [1.54, 1.807) is 30.3 Å². The molecule has 0 spiro atoms. The van der Waals surface area contributed by atoms with E-state index in [0.29, 0.717) is 6.54 Å². The predicted molar refractivity (Wildman–Crippen MR) is 85.1 cm³/mol. The van der Waals surface area contributed by atoms with Crippen molar-refractivity contribution in [1.29, 1.82) is 0 Å². The molecular formula is C17H23F3N2O. The maximum absolute atomic E-state index is 13.3. The maximum Gasteiger partial charge on any atom is 0.408 e. The molecule has 0 N–H and O–H groups in total. The molecule has 1 amide bonds. The molecule has 1 atom stereocenters. The molecule has 23 heavy (non-hydrogen) atoms. The third-order valence-electron chi connectivity index (χ3n) is 3.47. The zero-order chi connectivity index (χ0) is 17.5. The minimum absolute atomic E-state index is 0.155. The van der Waals surface area contributed by atoms with Gasteiger partial charge in [-0.2, -0.15) is 13.2 Å². The van der Waals surface area contributed by atoms with Crippen LogP contribution in [0, 0.1) is 0 Å². The smallest absolute Gasteiger partial charge is 0.330 e. The molecule has 0 aliphatic carbocycles. The number of benzene rings is 1. The van der Waals surface area contributed by atoms with Gasteiger partial charge in [-0.05, 0) is 32.5 Å². The molecule has 128 valence electrons. The molecule has 0 saturated heterocycles. The summed E-state index contributed by atoms with van der Waals surface area (Å²) in [6.07, 6.45) is -1.58. The van der Waals surface area contributed by atoms with E-state index < -0.39 is 18.1 Å². The highest BCUT2D eigenvalue weighted by Crippen LogP contribution is 2.28. The standard InChI is InChI=1S/C17H23F3N2O/c1-21(2)13-7-10-16(23)22(3)15(17(18,19)20)12-11-14-8-5-4-6-9-14/h4-10,15H,11-13H2,1-3H3/b10-7+. The summed E-state index contributed by atoms with van der Waals surface area (Å²) in [5.41, 5.74) is 0.825. The van der Waals surface area contributed by atoms with Gasteiger partial charge in [-0.1, -0.05) is 36.4 Å². The van der Waals surface area contributed by atoms with Crippen LogP contribution in [0.25, 0.3) is 0 Å². The van der Waals surface area contributed by atoms with Crippen molar-refractivity contribution in [3.63, 3.8) is 0 Å². The van der Waals surface area contributed by atoms with Crippen LogP contribution in [0.3, 0.4) is 0 Å². The molecule has 1 aromatic carbocycles. The van der Waals surface area contributed by atoms with Gasteiger partial charge in [0.1, 0.15) is 6.04 Å². The molecule has 0 bridgehead atoms. The fourth-order valence-corrected chi connectivity index (χ4v) is 2.16. The van der Waals surface area contributed by atoms with Crippen LogP contribution in [-0.2, 0) is 11.2 Å². The Morgan fingerprint density at radius 3 is 2.30 bits per heavy atom. The lowest BCUT2D eigenvalue weighted by molar-refractivity contribution is -0.185. The number of hydrogen-bond acceptors (Lipinski definition) is 2. The molecule has 1 unspecified atom stereocenters. The van der Waals surface area contributed by atoms with Crippen LogP contribution in [0.4, 0.5) is 13.2 Å². The fourth-order valence-electron chi connectivity index (χ4n) is 2.16. The fraction of sp³-hybridized carbons (Fsp3) is 0.471. The first-order valence-electron chi connectivity index (χ1n) is 7.40. The quantitative estimate of drug-likeness (QED) is 0.718. The van der Waals surface area contributed by atoms with E-state index in [1.807, 2.05) is 25.1 Å². The number of carbonyl (C=O) groups excluding carboxylic acids is 1. The Morgan fingerprint density at radius 2 is 1.78 bits per heavy atom. The van der Waals surface area contributed by atoms with Crippen molar-refractivity contribution in [1.82, 2.24) is 9.80 Å². The van der Waals surface area contributed by atoms with Crippen molar-refractivity contribution < 1.29 is 18.0 Å². The van der Waals surface area contributed by atoms with E-state index in [-0.39, 0.29) is 12.8 Å². The highest BCUT2D eigenvalue weighted by atomic mass is 19.4. The van der Waals surface area contributed by atoms with Crippen molar-refractivity contribution in [3.8, 4) is 0 Å². The van der Waals surface area contributed by atoms with Crippen LogP contribution in [-0.4, -0.2) is 55.6 Å². The van der Waals surface area contributed by atoms with E-state index in [4.69, 9.17) is 0 Å². The Bertz CT molecular complexity index is 512. The van der Waals surface area contributed by atoms with Gasteiger partial charge in [0, 0.05) is 19.7 Å². The first-order chi connectivity index (χ1) is 10.7. The second-order valence-electron chi connectivity index (χ2n) is 5.70. The average molecular weight is 328 g/mol. The van der Waals surface area contributed by atoms with Crippen LogP contribution in [0.5, 0.6) is 0 Å². The normalized spacial score (nSPS) is 13.5. The SMILES string of the molecule is CN(C)C/C=C/C(=O)N(C)C(CCc1ccccc1)C(F)(F)F. The van der Waals surface area contributed by atoms with E-state index in [9.17, 15) is 18.0 Å². The van der Waals surface area contributed by atoms with E-state index in [0.717, 1.165) is 10.5 Å². The summed E-state index contributed by atoms with van der Waals surface area (Å²) < 4.78 is 39.8. The third kappa shape index (κ3) is 6.86. The second-order valence-corrected chi connectivity index (χ2v) is 5.70. The lowest BCUT2D eigenvalue weighted by Gasteiger charge is -2.29. The van der Waals surface area contributed by atoms with Gasteiger partial charge in [-0.25, -0.2) is 0 Å². The van der Waals surface area contributed by atoms with Crippen molar-refractivity contribution in [2.75, 3.05) is 27.7 Å². The molecule has 0 fully saturated rings. The third-order valence-corrected chi connectivity index (χ3v) is 3.47. The molecule has 0 heterocycles. The molecule has 6 heteroatoms. The molecule has 0 radical (unpaired) electrons. The van der Waals surface area contributed by atoms with Gasteiger partial charge in [0.05, 0.1) is 0 Å². The summed E-state index contributed by atoms with van der Waals surface area (Å²) in [5.74, 6) is -0.637. The van der Waals surface area contributed by atoms with Gasteiger partial charge in [-0.3, -0.25) is 4.79 Å². The van der Waals surface area contributed by atoms with Crippen LogP contribution in [0.2, 0.25) is 0 Å². The summed E-state index contributed by atoms with van der Waals surface area (Å²) >= 11 is 0. The van der Waals surface area contributed by atoms with Crippen molar-refractivity contribution in [3.05, 3.63) is 48.0 Å².